The highest BCUT2D eigenvalue weighted by atomic mass is 16.5. The van der Waals surface area contributed by atoms with Gasteiger partial charge in [0.2, 0.25) is 5.88 Å². The maximum Gasteiger partial charge on any atom is 0.340 e. The number of carbonyl (C=O) groups excluding carboxylic acids is 1. The molecule has 100 valence electrons. The lowest BCUT2D eigenvalue weighted by molar-refractivity contribution is 0.0526. The third-order valence-electron chi connectivity index (χ3n) is 2.46. The monoisotopic (exact) mass is 252 g/mol. The first-order valence-electron chi connectivity index (χ1n) is 6.18. The predicted octanol–water partition coefficient (Wildman–Crippen LogP) is 2.41. The fraction of sp³-hybridized carbons (Fsp3) is 0.538. The topological polar surface area (TPSA) is 74.4 Å². The number of hydrogen-bond acceptors (Lipinski definition) is 5. The Hall–Kier alpha value is -1.78. The van der Waals surface area contributed by atoms with Crippen molar-refractivity contribution in [2.24, 2.45) is 0 Å². The first kappa shape index (κ1) is 14.3. The Morgan fingerprint density at radius 2 is 2.22 bits per heavy atom. The number of anilines is 1. The normalized spacial score (nSPS) is 11.9. The van der Waals surface area contributed by atoms with E-state index >= 15 is 0 Å². The van der Waals surface area contributed by atoms with Crippen LogP contribution in [0.3, 0.4) is 0 Å². The molecule has 0 amide bonds. The fourth-order valence-corrected chi connectivity index (χ4v) is 1.59. The van der Waals surface area contributed by atoms with Gasteiger partial charge in [-0.1, -0.05) is 13.3 Å². The van der Waals surface area contributed by atoms with E-state index in [1.54, 1.807) is 6.92 Å². The molecule has 2 N–H and O–H groups in total. The summed E-state index contributed by atoms with van der Waals surface area (Å²) in [7, 11) is 0. The van der Waals surface area contributed by atoms with Gasteiger partial charge in [-0.2, -0.15) is 0 Å². The Morgan fingerprint density at radius 3 is 2.83 bits per heavy atom. The molecule has 0 fully saturated rings. The van der Waals surface area contributed by atoms with Crippen LogP contribution in [0.25, 0.3) is 0 Å². The van der Waals surface area contributed by atoms with Crippen LogP contribution in [0.1, 0.15) is 44.0 Å². The molecule has 1 rings (SSSR count). The van der Waals surface area contributed by atoms with E-state index in [1.807, 2.05) is 6.92 Å². The number of carbonyl (C=O) groups is 1. The van der Waals surface area contributed by atoms with E-state index in [2.05, 4.69) is 11.9 Å². The Labute approximate surface area is 107 Å². The number of aromatic nitrogens is 1. The molecule has 18 heavy (non-hydrogen) atoms. The van der Waals surface area contributed by atoms with E-state index in [9.17, 15) is 4.79 Å². The predicted molar refractivity (Wildman–Crippen MR) is 69.6 cm³/mol. The summed E-state index contributed by atoms with van der Waals surface area (Å²) in [5.74, 6) is -0.160. The van der Waals surface area contributed by atoms with Gasteiger partial charge in [-0.25, -0.2) is 9.78 Å². The van der Waals surface area contributed by atoms with Gasteiger partial charge in [-0.3, -0.25) is 0 Å². The fourth-order valence-electron chi connectivity index (χ4n) is 1.59. The van der Waals surface area contributed by atoms with Crippen molar-refractivity contribution in [3.8, 4) is 5.88 Å². The zero-order chi connectivity index (χ0) is 13.5. The highest BCUT2D eigenvalue weighted by Gasteiger charge is 2.16. The van der Waals surface area contributed by atoms with Crippen molar-refractivity contribution in [2.75, 3.05) is 12.3 Å². The third kappa shape index (κ3) is 3.61. The highest BCUT2D eigenvalue weighted by molar-refractivity contribution is 5.96. The summed E-state index contributed by atoms with van der Waals surface area (Å²) in [4.78, 5) is 15.7. The van der Waals surface area contributed by atoms with E-state index < -0.39 is 5.97 Å². The molecule has 0 aliphatic carbocycles. The second-order valence-corrected chi connectivity index (χ2v) is 4.01. The number of nitrogens with two attached hydrogens (primary N) is 1. The highest BCUT2D eigenvalue weighted by Crippen LogP contribution is 2.24. The number of nitrogen functional groups attached to an aromatic ring is 1. The minimum atomic E-state index is -0.453. The molecular weight excluding hydrogens is 232 g/mol. The summed E-state index contributed by atoms with van der Waals surface area (Å²) < 4.78 is 10.5. The average molecular weight is 252 g/mol. The quantitative estimate of drug-likeness (QED) is 0.787. The summed E-state index contributed by atoms with van der Waals surface area (Å²) in [6.45, 7) is 6.08. The van der Waals surface area contributed by atoms with Gasteiger partial charge in [0, 0.05) is 6.20 Å². The van der Waals surface area contributed by atoms with E-state index in [0.717, 1.165) is 12.8 Å². The van der Waals surface area contributed by atoms with Crippen LogP contribution in [-0.2, 0) is 4.74 Å². The SMILES string of the molecule is CCCC(C)Oc1nccc(C(=O)OCC)c1N. The molecule has 0 saturated heterocycles. The number of ether oxygens (including phenoxy) is 2. The number of nitrogens with zero attached hydrogens (tertiary/aromatic N) is 1. The van der Waals surface area contributed by atoms with Crippen molar-refractivity contribution < 1.29 is 14.3 Å². The van der Waals surface area contributed by atoms with Gasteiger partial charge >= 0.3 is 5.97 Å². The number of esters is 1. The molecular formula is C13H20N2O3. The summed E-state index contributed by atoms with van der Waals surface area (Å²) in [5.41, 5.74) is 6.40. The van der Waals surface area contributed by atoms with Crippen LogP contribution >= 0.6 is 0 Å². The number of pyridine rings is 1. The van der Waals surface area contributed by atoms with Gasteiger partial charge < -0.3 is 15.2 Å². The molecule has 0 spiro atoms. The van der Waals surface area contributed by atoms with Crippen LogP contribution in [-0.4, -0.2) is 23.7 Å². The molecule has 0 aliphatic rings. The first-order valence-corrected chi connectivity index (χ1v) is 6.18. The van der Waals surface area contributed by atoms with Crippen molar-refractivity contribution in [1.82, 2.24) is 4.98 Å². The number of hydrogen-bond donors (Lipinski definition) is 1. The van der Waals surface area contributed by atoms with Crippen molar-refractivity contribution in [3.05, 3.63) is 17.8 Å². The lowest BCUT2D eigenvalue weighted by Gasteiger charge is -2.15. The minimum absolute atomic E-state index is 0.0160. The largest absolute Gasteiger partial charge is 0.473 e. The number of rotatable bonds is 6. The summed E-state index contributed by atoms with van der Waals surface area (Å²) in [5, 5.41) is 0. The lowest BCUT2D eigenvalue weighted by Crippen LogP contribution is -2.15. The average Bonchev–Trinajstić information content (AvgIpc) is 2.32. The van der Waals surface area contributed by atoms with Gasteiger partial charge in [-0.15, -0.1) is 0 Å². The summed E-state index contributed by atoms with van der Waals surface area (Å²) >= 11 is 0. The molecule has 5 heteroatoms. The molecule has 0 bridgehead atoms. The lowest BCUT2D eigenvalue weighted by atomic mass is 10.2. The Morgan fingerprint density at radius 1 is 1.50 bits per heavy atom. The van der Waals surface area contributed by atoms with E-state index in [0.29, 0.717) is 18.1 Å². The van der Waals surface area contributed by atoms with Gasteiger partial charge in [0.15, 0.2) is 0 Å². The van der Waals surface area contributed by atoms with Crippen LogP contribution in [0.5, 0.6) is 5.88 Å². The maximum absolute atomic E-state index is 11.6. The second-order valence-electron chi connectivity index (χ2n) is 4.01. The van der Waals surface area contributed by atoms with Crippen LogP contribution in [0.15, 0.2) is 12.3 Å². The van der Waals surface area contributed by atoms with Crippen molar-refractivity contribution in [3.63, 3.8) is 0 Å². The standard InChI is InChI=1S/C13H20N2O3/c1-4-6-9(3)18-12-11(14)10(7-8-15-12)13(16)17-5-2/h7-9H,4-6,14H2,1-3H3. The second kappa shape index (κ2) is 6.83. The molecule has 0 aliphatic heterocycles. The van der Waals surface area contributed by atoms with Crippen LogP contribution in [0.2, 0.25) is 0 Å². The third-order valence-corrected chi connectivity index (χ3v) is 2.46. The maximum atomic E-state index is 11.6. The molecule has 5 nitrogen and oxygen atoms in total. The van der Waals surface area contributed by atoms with Gasteiger partial charge in [0.25, 0.3) is 0 Å². The Bertz CT molecular complexity index is 407. The zero-order valence-electron chi connectivity index (χ0n) is 11.1. The molecule has 0 saturated carbocycles. The molecule has 1 atom stereocenters. The van der Waals surface area contributed by atoms with E-state index in [-0.39, 0.29) is 11.8 Å². The summed E-state index contributed by atoms with van der Waals surface area (Å²) in [6.07, 6.45) is 3.43. The Kier molecular flexibility index (Phi) is 5.42. The smallest absolute Gasteiger partial charge is 0.340 e. The first-order chi connectivity index (χ1) is 8.60. The van der Waals surface area contributed by atoms with Gasteiger partial charge in [0.05, 0.1) is 18.3 Å². The molecule has 1 aromatic heterocycles. The van der Waals surface area contributed by atoms with Crippen molar-refractivity contribution >= 4 is 11.7 Å². The van der Waals surface area contributed by atoms with Crippen molar-refractivity contribution in [2.45, 2.75) is 39.7 Å². The molecule has 0 radical (unpaired) electrons. The van der Waals surface area contributed by atoms with Gasteiger partial charge in [-0.05, 0) is 26.3 Å². The van der Waals surface area contributed by atoms with Crippen molar-refractivity contribution in [1.29, 1.82) is 0 Å². The molecule has 0 aromatic carbocycles. The zero-order valence-corrected chi connectivity index (χ0v) is 11.1. The minimum Gasteiger partial charge on any atom is -0.473 e. The van der Waals surface area contributed by atoms with E-state index in [4.69, 9.17) is 15.2 Å². The van der Waals surface area contributed by atoms with Crippen LogP contribution in [0, 0.1) is 0 Å². The van der Waals surface area contributed by atoms with Crippen LogP contribution in [0.4, 0.5) is 5.69 Å². The summed E-state index contributed by atoms with van der Waals surface area (Å²) in [6, 6.07) is 1.53. The molecule has 1 unspecified atom stereocenters. The Balaban J connectivity index is 2.88. The van der Waals surface area contributed by atoms with Crippen LogP contribution < -0.4 is 10.5 Å². The van der Waals surface area contributed by atoms with Gasteiger partial charge in [0.1, 0.15) is 5.69 Å². The molecule has 1 aromatic rings. The van der Waals surface area contributed by atoms with E-state index in [1.165, 1.54) is 12.3 Å². The molecule has 1 heterocycles.